The van der Waals surface area contributed by atoms with Crippen LogP contribution in [0.1, 0.15) is 25.3 Å². The van der Waals surface area contributed by atoms with Gasteiger partial charge in [-0.1, -0.05) is 6.92 Å². The second-order valence-corrected chi connectivity index (χ2v) is 4.92. The normalized spacial score (nSPS) is 17.1. The molecule has 1 unspecified atom stereocenters. The lowest BCUT2D eigenvalue weighted by atomic mass is 10.0. The van der Waals surface area contributed by atoms with Gasteiger partial charge in [0.25, 0.3) is 0 Å². The van der Waals surface area contributed by atoms with Crippen LogP contribution < -0.4 is 11.1 Å². The second kappa shape index (κ2) is 4.75. The van der Waals surface area contributed by atoms with E-state index in [4.69, 9.17) is 5.73 Å². The number of amides is 1. The maximum Gasteiger partial charge on any atom is 0.418 e. The summed E-state index contributed by atoms with van der Waals surface area (Å²) >= 11 is 0. The standard InChI is InChI=1S/C13H15F3N2O/c1-7(8-2-3-8)12(19)18-11-5-4-9(17)6-10(11)13(14,15)16/h4-8H,2-3,17H2,1H3,(H,18,19). The van der Waals surface area contributed by atoms with E-state index in [0.717, 1.165) is 18.9 Å². The number of benzene rings is 1. The number of alkyl halides is 3. The molecule has 1 aliphatic rings. The Kier molecular flexibility index (Phi) is 3.43. The lowest BCUT2D eigenvalue weighted by molar-refractivity contribution is -0.137. The van der Waals surface area contributed by atoms with Crippen LogP contribution in [0.25, 0.3) is 0 Å². The first-order chi connectivity index (χ1) is 8.79. The third-order valence-electron chi connectivity index (χ3n) is 3.35. The SMILES string of the molecule is CC(C(=O)Nc1ccc(N)cc1C(F)(F)F)C1CC1. The molecular formula is C13H15F3N2O. The average Bonchev–Trinajstić information content (AvgIpc) is 3.13. The van der Waals surface area contributed by atoms with Crippen molar-refractivity contribution >= 4 is 17.3 Å². The molecule has 0 radical (unpaired) electrons. The number of nitrogen functional groups attached to an aromatic ring is 1. The summed E-state index contributed by atoms with van der Waals surface area (Å²) in [6.07, 6.45) is -2.62. The first-order valence-electron chi connectivity index (χ1n) is 6.06. The van der Waals surface area contributed by atoms with Crippen LogP contribution in [0.15, 0.2) is 18.2 Å². The van der Waals surface area contributed by atoms with Crippen molar-refractivity contribution in [2.24, 2.45) is 11.8 Å². The van der Waals surface area contributed by atoms with Crippen LogP contribution >= 0.6 is 0 Å². The van der Waals surface area contributed by atoms with E-state index < -0.39 is 11.7 Å². The van der Waals surface area contributed by atoms with E-state index in [-0.39, 0.29) is 23.2 Å². The summed E-state index contributed by atoms with van der Waals surface area (Å²) in [4.78, 5) is 11.8. The summed E-state index contributed by atoms with van der Waals surface area (Å²) in [6.45, 7) is 1.73. The Balaban J connectivity index is 2.22. The molecule has 6 heteroatoms. The van der Waals surface area contributed by atoms with Crippen molar-refractivity contribution in [3.8, 4) is 0 Å². The molecule has 1 atom stereocenters. The largest absolute Gasteiger partial charge is 0.418 e. The number of rotatable bonds is 3. The molecule has 0 bridgehead atoms. The summed E-state index contributed by atoms with van der Waals surface area (Å²) in [5.74, 6) is -0.348. The maximum atomic E-state index is 12.8. The second-order valence-electron chi connectivity index (χ2n) is 4.92. The van der Waals surface area contributed by atoms with Crippen molar-refractivity contribution in [3.63, 3.8) is 0 Å². The minimum absolute atomic E-state index is 0.0144. The molecule has 0 heterocycles. The van der Waals surface area contributed by atoms with Gasteiger partial charge in [-0.05, 0) is 37.0 Å². The van der Waals surface area contributed by atoms with Crippen LogP contribution in [0.5, 0.6) is 0 Å². The van der Waals surface area contributed by atoms with Crippen LogP contribution in [0, 0.1) is 11.8 Å². The lowest BCUT2D eigenvalue weighted by Crippen LogP contribution is -2.23. The van der Waals surface area contributed by atoms with Crippen molar-refractivity contribution in [2.45, 2.75) is 25.9 Å². The van der Waals surface area contributed by atoms with Gasteiger partial charge in [-0.15, -0.1) is 0 Å². The number of halogens is 3. The lowest BCUT2D eigenvalue weighted by Gasteiger charge is -2.16. The average molecular weight is 272 g/mol. The Hall–Kier alpha value is -1.72. The molecule has 0 spiro atoms. The van der Waals surface area contributed by atoms with E-state index in [2.05, 4.69) is 5.32 Å². The first-order valence-corrected chi connectivity index (χ1v) is 6.06. The zero-order chi connectivity index (χ0) is 14.2. The quantitative estimate of drug-likeness (QED) is 0.830. The molecule has 104 valence electrons. The molecule has 19 heavy (non-hydrogen) atoms. The fourth-order valence-corrected chi connectivity index (χ4v) is 1.96. The highest BCUT2D eigenvalue weighted by Gasteiger charge is 2.36. The zero-order valence-electron chi connectivity index (χ0n) is 10.4. The maximum absolute atomic E-state index is 12.8. The predicted octanol–water partition coefficient (Wildman–Crippen LogP) is 3.27. The smallest absolute Gasteiger partial charge is 0.399 e. The van der Waals surface area contributed by atoms with E-state index in [1.54, 1.807) is 6.92 Å². The van der Waals surface area contributed by atoms with E-state index in [1.165, 1.54) is 12.1 Å². The summed E-state index contributed by atoms with van der Waals surface area (Å²) in [5.41, 5.74) is 4.22. The van der Waals surface area contributed by atoms with Gasteiger partial charge in [-0.2, -0.15) is 13.2 Å². The number of carbonyl (C=O) groups is 1. The van der Waals surface area contributed by atoms with Crippen molar-refractivity contribution < 1.29 is 18.0 Å². The third-order valence-corrected chi connectivity index (χ3v) is 3.35. The fourth-order valence-electron chi connectivity index (χ4n) is 1.96. The van der Waals surface area contributed by atoms with Crippen molar-refractivity contribution in [1.29, 1.82) is 0 Å². The van der Waals surface area contributed by atoms with E-state index in [0.29, 0.717) is 5.92 Å². The van der Waals surface area contributed by atoms with Gasteiger partial charge in [0.2, 0.25) is 5.91 Å². The van der Waals surface area contributed by atoms with Gasteiger partial charge in [0.15, 0.2) is 0 Å². The van der Waals surface area contributed by atoms with Crippen molar-refractivity contribution in [2.75, 3.05) is 11.1 Å². The molecule has 1 aromatic rings. The summed E-state index contributed by atoms with van der Waals surface area (Å²) in [7, 11) is 0. The highest BCUT2D eigenvalue weighted by molar-refractivity contribution is 5.93. The van der Waals surface area contributed by atoms with Crippen LogP contribution in [0.3, 0.4) is 0 Å². The minimum Gasteiger partial charge on any atom is -0.399 e. The van der Waals surface area contributed by atoms with Crippen LogP contribution in [-0.4, -0.2) is 5.91 Å². The minimum atomic E-state index is -4.54. The Labute approximate surface area is 109 Å². The fraction of sp³-hybridized carbons (Fsp3) is 0.462. The number of carbonyl (C=O) groups excluding carboxylic acids is 1. The first kappa shape index (κ1) is 13.7. The molecule has 0 aliphatic heterocycles. The van der Waals surface area contributed by atoms with E-state index in [9.17, 15) is 18.0 Å². The third kappa shape index (κ3) is 3.19. The molecular weight excluding hydrogens is 257 g/mol. The van der Waals surface area contributed by atoms with Crippen molar-refractivity contribution in [1.82, 2.24) is 0 Å². The van der Waals surface area contributed by atoms with Crippen molar-refractivity contribution in [3.05, 3.63) is 23.8 Å². The summed E-state index contributed by atoms with van der Waals surface area (Å²) in [6, 6.07) is 3.36. The van der Waals surface area contributed by atoms with Crippen LogP contribution in [0.4, 0.5) is 24.5 Å². The molecule has 1 saturated carbocycles. The number of hydrogen-bond acceptors (Lipinski definition) is 2. The van der Waals surface area contributed by atoms with E-state index >= 15 is 0 Å². The van der Waals surface area contributed by atoms with E-state index in [1.807, 2.05) is 0 Å². The van der Waals surface area contributed by atoms with Gasteiger partial charge in [0.05, 0.1) is 11.3 Å². The Morgan fingerprint density at radius 3 is 2.58 bits per heavy atom. The summed E-state index contributed by atoms with van der Waals surface area (Å²) < 4.78 is 38.5. The summed E-state index contributed by atoms with van der Waals surface area (Å²) in [5, 5.41) is 2.35. The van der Waals surface area contributed by atoms with Gasteiger partial charge < -0.3 is 11.1 Å². The molecule has 3 nitrogen and oxygen atoms in total. The molecule has 1 aromatic carbocycles. The molecule has 1 aliphatic carbocycles. The Morgan fingerprint density at radius 2 is 2.05 bits per heavy atom. The van der Waals surface area contributed by atoms with Crippen LogP contribution in [-0.2, 0) is 11.0 Å². The molecule has 1 fully saturated rings. The highest BCUT2D eigenvalue weighted by atomic mass is 19.4. The monoisotopic (exact) mass is 272 g/mol. The highest BCUT2D eigenvalue weighted by Crippen LogP contribution is 2.39. The van der Waals surface area contributed by atoms with Gasteiger partial charge in [-0.25, -0.2) is 0 Å². The molecule has 3 N–H and O–H groups in total. The zero-order valence-corrected chi connectivity index (χ0v) is 10.4. The Bertz CT molecular complexity index is 495. The van der Waals surface area contributed by atoms with Gasteiger partial charge in [0.1, 0.15) is 0 Å². The predicted molar refractivity (Wildman–Crippen MR) is 66.4 cm³/mol. The van der Waals surface area contributed by atoms with Gasteiger partial charge >= 0.3 is 6.18 Å². The Morgan fingerprint density at radius 1 is 1.42 bits per heavy atom. The number of nitrogens with one attached hydrogen (secondary N) is 1. The molecule has 0 aromatic heterocycles. The molecule has 2 rings (SSSR count). The van der Waals surface area contributed by atoms with Gasteiger partial charge in [-0.3, -0.25) is 4.79 Å². The number of nitrogens with two attached hydrogens (primary N) is 1. The molecule has 1 amide bonds. The topological polar surface area (TPSA) is 55.1 Å². The number of anilines is 2. The van der Waals surface area contributed by atoms with Crippen LogP contribution in [0.2, 0.25) is 0 Å². The van der Waals surface area contributed by atoms with Gasteiger partial charge in [0, 0.05) is 11.6 Å². The number of hydrogen-bond donors (Lipinski definition) is 2. The molecule has 0 saturated heterocycles.